The van der Waals surface area contributed by atoms with E-state index in [1.165, 1.54) is 18.2 Å². The fourth-order valence-corrected chi connectivity index (χ4v) is 2.74. The van der Waals surface area contributed by atoms with E-state index in [2.05, 4.69) is 20.7 Å². The number of nitrogens with zero attached hydrogens (tertiary/aromatic N) is 2. The van der Waals surface area contributed by atoms with Gasteiger partial charge in [0.25, 0.3) is 5.91 Å². The molecule has 2 aromatic rings. The van der Waals surface area contributed by atoms with Crippen LogP contribution < -0.4 is 5.43 Å². The maximum atomic E-state index is 12.2. The number of fused-ring (bicyclic) bond motifs is 1. The van der Waals surface area contributed by atoms with Crippen LogP contribution in [0.1, 0.15) is 47.1 Å². The minimum Gasteiger partial charge on any atom is -0.508 e. The molecule has 0 aliphatic heterocycles. The number of amides is 1. The lowest BCUT2D eigenvalue weighted by Crippen LogP contribution is -2.21. The molecule has 0 spiro atoms. The van der Waals surface area contributed by atoms with Crippen molar-refractivity contribution in [2.45, 2.75) is 32.6 Å². The first-order chi connectivity index (χ1) is 11.1. The van der Waals surface area contributed by atoms with Crippen LogP contribution in [0.5, 0.6) is 11.5 Å². The Kier molecular flexibility index (Phi) is 4.01. The highest BCUT2D eigenvalue weighted by Gasteiger charge is 2.21. The molecule has 7 heteroatoms. The third-order valence-corrected chi connectivity index (χ3v) is 3.97. The zero-order valence-corrected chi connectivity index (χ0v) is 12.8. The average molecular weight is 314 g/mol. The van der Waals surface area contributed by atoms with E-state index in [1.54, 1.807) is 6.92 Å². The molecule has 0 unspecified atom stereocenters. The molecule has 1 aromatic heterocycles. The van der Waals surface area contributed by atoms with E-state index < -0.39 is 0 Å². The Balaban J connectivity index is 1.76. The highest BCUT2D eigenvalue weighted by Crippen LogP contribution is 2.23. The van der Waals surface area contributed by atoms with E-state index in [0.717, 1.165) is 36.9 Å². The summed E-state index contributed by atoms with van der Waals surface area (Å²) in [5, 5.41) is 30.1. The summed E-state index contributed by atoms with van der Waals surface area (Å²) in [7, 11) is 0. The molecule has 3 rings (SSSR count). The quantitative estimate of drug-likeness (QED) is 0.512. The van der Waals surface area contributed by atoms with E-state index >= 15 is 0 Å². The van der Waals surface area contributed by atoms with Gasteiger partial charge < -0.3 is 10.2 Å². The molecule has 120 valence electrons. The molecule has 1 amide bonds. The first-order valence-electron chi connectivity index (χ1n) is 7.49. The van der Waals surface area contributed by atoms with Crippen LogP contribution in [-0.4, -0.2) is 32.0 Å². The van der Waals surface area contributed by atoms with Crippen molar-refractivity contribution in [3.05, 3.63) is 40.7 Å². The molecule has 1 aliphatic carbocycles. The van der Waals surface area contributed by atoms with Gasteiger partial charge in [0, 0.05) is 22.9 Å². The van der Waals surface area contributed by atoms with E-state index in [-0.39, 0.29) is 17.4 Å². The minimum absolute atomic E-state index is 0.0359. The number of carbonyl (C=O) groups excluding carboxylic acids is 1. The number of nitrogens with one attached hydrogen (secondary N) is 2. The fourth-order valence-electron chi connectivity index (χ4n) is 2.74. The third-order valence-electron chi connectivity index (χ3n) is 3.97. The summed E-state index contributed by atoms with van der Waals surface area (Å²) in [6.45, 7) is 1.66. The van der Waals surface area contributed by atoms with Crippen LogP contribution in [0.3, 0.4) is 0 Å². The predicted molar refractivity (Wildman–Crippen MR) is 84.7 cm³/mol. The average Bonchev–Trinajstić information content (AvgIpc) is 2.96. The van der Waals surface area contributed by atoms with Crippen LogP contribution in [0.15, 0.2) is 23.3 Å². The van der Waals surface area contributed by atoms with Crippen molar-refractivity contribution >= 4 is 11.6 Å². The van der Waals surface area contributed by atoms with E-state index in [9.17, 15) is 15.0 Å². The Bertz CT molecular complexity index is 780. The van der Waals surface area contributed by atoms with E-state index in [4.69, 9.17) is 0 Å². The number of phenols is 2. The number of aromatic hydroxyl groups is 2. The molecule has 0 atom stereocenters. The molecule has 0 radical (unpaired) electrons. The van der Waals surface area contributed by atoms with Gasteiger partial charge in [-0.15, -0.1) is 0 Å². The van der Waals surface area contributed by atoms with Crippen LogP contribution in [0.25, 0.3) is 0 Å². The van der Waals surface area contributed by atoms with Gasteiger partial charge in [0.05, 0.1) is 5.71 Å². The number of rotatable bonds is 3. The Morgan fingerprint density at radius 1 is 1.30 bits per heavy atom. The van der Waals surface area contributed by atoms with E-state index in [1.807, 2.05) is 0 Å². The number of aryl methyl sites for hydroxylation is 1. The topological polar surface area (TPSA) is 111 Å². The third kappa shape index (κ3) is 3.03. The van der Waals surface area contributed by atoms with Gasteiger partial charge in [0.15, 0.2) is 5.69 Å². The van der Waals surface area contributed by atoms with Gasteiger partial charge in [0.2, 0.25) is 0 Å². The number of hydrogen-bond acceptors (Lipinski definition) is 5. The van der Waals surface area contributed by atoms with Crippen LogP contribution in [-0.2, 0) is 12.8 Å². The molecule has 4 N–H and O–H groups in total. The van der Waals surface area contributed by atoms with Crippen molar-refractivity contribution in [1.29, 1.82) is 0 Å². The van der Waals surface area contributed by atoms with Crippen LogP contribution >= 0.6 is 0 Å². The SMILES string of the molecule is C/C(=N\NC(=O)c1n[nH]c2c1CCCC2)c1ccc(O)cc1O. The van der Waals surface area contributed by atoms with Gasteiger partial charge in [-0.2, -0.15) is 10.2 Å². The van der Waals surface area contributed by atoms with E-state index in [0.29, 0.717) is 17.0 Å². The van der Waals surface area contributed by atoms with Gasteiger partial charge in [-0.25, -0.2) is 5.43 Å². The number of aromatic amines is 1. The summed E-state index contributed by atoms with van der Waals surface area (Å²) in [6, 6.07) is 4.20. The molecular formula is C16H18N4O3. The number of phenolic OH excluding ortho intramolecular Hbond substituents is 2. The minimum atomic E-state index is -0.373. The molecule has 23 heavy (non-hydrogen) atoms. The second-order valence-corrected chi connectivity index (χ2v) is 5.58. The lowest BCUT2D eigenvalue weighted by atomic mass is 9.96. The second-order valence-electron chi connectivity index (χ2n) is 5.58. The van der Waals surface area contributed by atoms with Gasteiger partial charge in [-0.05, 0) is 44.7 Å². The monoisotopic (exact) mass is 314 g/mol. The summed E-state index contributed by atoms with van der Waals surface area (Å²) in [6.07, 6.45) is 3.92. The number of benzene rings is 1. The molecule has 0 saturated carbocycles. The van der Waals surface area contributed by atoms with Crippen LogP contribution in [0, 0.1) is 0 Å². The maximum Gasteiger partial charge on any atom is 0.292 e. The molecular weight excluding hydrogens is 296 g/mol. The van der Waals surface area contributed by atoms with Gasteiger partial charge >= 0.3 is 0 Å². The number of carbonyl (C=O) groups is 1. The molecule has 1 aromatic carbocycles. The van der Waals surface area contributed by atoms with Crippen molar-refractivity contribution in [2.75, 3.05) is 0 Å². The van der Waals surface area contributed by atoms with Gasteiger partial charge in [-0.3, -0.25) is 9.89 Å². The Morgan fingerprint density at radius 3 is 2.87 bits per heavy atom. The molecule has 0 fully saturated rings. The summed E-state index contributed by atoms with van der Waals surface area (Å²) in [4.78, 5) is 12.2. The summed E-state index contributed by atoms with van der Waals surface area (Å²) in [5.41, 5.74) is 5.71. The molecule has 7 nitrogen and oxygen atoms in total. The number of aromatic nitrogens is 2. The number of H-pyrrole nitrogens is 1. The first kappa shape index (κ1) is 15.1. The van der Waals surface area contributed by atoms with Crippen molar-refractivity contribution in [2.24, 2.45) is 5.10 Å². The van der Waals surface area contributed by atoms with Crippen molar-refractivity contribution in [3.63, 3.8) is 0 Å². The van der Waals surface area contributed by atoms with Crippen molar-refractivity contribution < 1.29 is 15.0 Å². The number of hydrogen-bond donors (Lipinski definition) is 4. The second kappa shape index (κ2) is 6.12. The van der Waals surface area contributed by atoms with Crippen molar-refractivity contribution in [1.82, 2.24) is 15.6 Å². The van der Waals surface area contributed by atoms with Crippen LogP contribution in [0.4, 0.5) is 0 Å². The standard InChI is InChI=1S/C16H18N4O3/c1-9(11-7-6-10(21)8-14(11)22)17-20-16(23)15-12-4-2-3-5-13(12)18-19-15/h6-8,21-22H,2-5H2,1H3,(H,18,19)(H,20,23)/b17-9+. The molecule has 0 bridgehead atoms. The zero-order valence-electron chi connectivity index (χ0n) is 12.8. The summed E-state index contributed by atoms with van der Waals surface area (Å²) < 4.78 is 0. The lowest BCUT2D eigenvalue weighted by Gasteiger charge is -2.10. The smallest absolute Gasteiger partial charge is 0.292 e. The van der Waals surface area contributed by atoms with Gasteiger partial charge in [-0.1, -0.05) is 0 Å². The fraction of sp³-hybridized carbons (Fsp3) is 0.312. The summed E-state index contributed by atoms with van der Waals surface area (Å²) >= 11 is 0. The summed E-state index contributed by atoms with van der Waals surface area (Å²) in [5.74, 6) is -0.508. The normalized spacial score (nSPS) is 14.4. The molecule has 1 heterocycles. The largest absolute Gasteiger partial charge is 0.508 e. The first-order valence-corrected chi connectivity index (χ1v) is 7.49. The molecule has 1 aliphatic rings. The maximum absolute atomic E-state index is 12.2. The lowest BCUT2D eigenvalue weighted by molar-refractivity contribution is 0.0948. The Hall–Kier alpha value is -2.83. The van der Waals surface area contributed by atoms with Crippen LogP contribution in [0.2, 0.25) is 0 Å². The van der Waals surface area contributed by atoms with Gasteiger partial charge in [0.1, 0.15) is 11.5 Å². The van der Waals surface area contributed by atoms with Crippen molar-refractivity contribution in [3.8, 4) is 11.5 Å². The highest BCUT2D eigenvalue weighted by atomic mass is 16.3. The molecule has 0 saturated heterocycles. The zero-order chi connectivity index (χ0) is 16.4. The predicted octanol–water partition coefficient (Wildman–Crippen LogP) is 1.85. The number of hydrazone groups is 1. The Morgan fingerprint density at radius 2 is 2.09 bits per heavy atom. The highest BCUT2D eigenvalue weighted by molar-refractivity contribution is 6.02. The Labute approximate surface area is 133 Å².